The maximum Gasteiger partial charge on any atom is -0.0201 e. The predicted molar refractivity (Wildman–Crippen MR) is 41.9 cm³/mol. The first-order valence-corrected chi connectivity index (χ1v) is 3.71. The minimum Gasteiger partial charge on any atom is -0.0622 e. The molecule has 0 amide bonds. The fourth-order valence-corrected chi connectivity index (χ4v) is 1.03. The van der Waals surface area contributed by atoms with Crippen molar-refractivity contribution in [3.05, 3.63) is 35.9 Å². The van der Waals surface area contributed by atoms with Gasteiger partial charge in [0.15, 0.2) is 0 Å². The van der Waals surface area contributed by atoms with Crippen LogP contribution in [0.4, 0.5) is 0 Å². The molecular weight excluding hydrogens is 127 g/mol. The van der Waals surface area contributed by atoms with Crippen LogP contribution in [0.25, 0.3) is 0 Å². The lowest BCUT2D eigenvalue weighted by Crippen LogP contribution is -1.82. The topological polar surface area (TPSA) is 0 Å². The highest BCUT2D eigenvalue weighted by molar-refractivity contribution is 7.16. The Hall–Kier alpha value is -0.350. The average Bonchev–Trinajstić information content (AvgIpc) is 1.91. The highest BCUT2D eigenvalue weighted by Crippen LogP contribution is 2.00. The molecule has 0 aliphatic carbocycles. The molecule has 0 aliphatic heterocycles. The molecule has 9 heavy (non-hydrogen) atoms. The van der Waals surface area contributed by atoms with Crippen LogP contribution in [0.5, 0.6) is 0 Å². The van der Waals surface area contributed by atoms with Gasteiger partial charge in [0.1, 0.15) is 0 Å². The van der Waals surface area contributed by atoms with Crippen LogP contribution in [0.15, 0.2) is 30.3 Å². The molecule has 0 spiro atoms. The van der Waals surface area contributed by atoms with E-state index in [1.54, 1.807) is 0 Å². The molecular formula is C8H9P. The van der Waals surface area contributed by atoms with Crippen LogP contribution >= 0.6 is 9.24 Å². The summed E-state index contributed by atoms with van der Waals surface area (Å²) >= 11 is 0. The Morgan fingerprint density at radius 2 is 1.78 bits per heavy atom. The van der Waals surface area contributed by atoms with Gasteiger partial charge >= 0.3 is 0 Å². The van der Waals surface area contributed by atoms with Crippen molar-refractivity contribution in [1.29, 1.82) is 0 Å². The zero-order valence-electron chi connectivity index (χ0n) is 5.25. The minimum absolute atomic E-state index is 0.935. The summed E-state index contributed by atoms with van der Waals surface area (Å²) in [5.41, 5.74) is 1.37. The van der Waals surface area contributed by atoms with E-state index in [1.165, 1.54) is 5.56 Å². The lowest BCUT2D eigenvalue weighted by molar-refractivity contribution is 1.16. The number of hydrogen-bond acceptors (Lipinski definition) is 0. The number of hydrogen-bond donors (Lipinski definition) is 0. The number of rotatable bonds is 2. The van der Waals surface area contributed by atoms with Crippen LogP contribution < -0.4 is 0 Å². The Bertz CT molecular complexity index is 157. The summed E-state index contributed by atoms with van der Waals surface area (Å²) in [6, 6.07) is 10.4. The van der Waals surface area contributed by atoms with Gasteiger partial charge in [0.2, 0.25) is 0 Å². The molecule has 0 atom stereocenters. The van der Waals surface area contributed by atoms with Gasteiger partial charge in [-0.2, -0.15) is 0 Å². The van der Waals surface area contributed by atoms with E-state index in [-0.39, 0.29) is 0 Å². The van der Waals surface area contributed by atoms with Crippen LogP contribution in [-0.2, 0) is 6.42 Å². The predicted octanol–water partition coefficient (Wildman–Crippen LogP) is 2.64. The molecule has 0 fully saturated rings. The van der Waals surface area contributed by atoms with Crippen molar-refractivity contribution in [3.63, 3.8) is 0 Å². The molecule has 2 radical (unpaired) electrons. The average molecular weight is 136 g/mol. The molecule has 1 rings (SSSR count). The van der Waals surface area contributed by atoms with E-state index in [4.69, 9.17) is 0 Å². The van der Waals surface area contributed by atoms with Crippen molar-refractivity contribution < 1.29 is 0 Å². The molecule has 0 N–H and O–H groups in total. The normalized spacial score (nSPS) is 9.44. The summed E-state index contributed by atoms with van der Waals surface area (Å²) in [4.78, 5) is 0. The molecule has 0 nitrogen and oxygen atoms in total. The fraction of sp³-hybridized carbons (Fsp3) is 0.250. The smallest absolute Gasteiger partial charge is 0.0201 e. The monoisotopic (exact) mass is 136 g/mol. The molecule has 0 saturated heterocycles. The van der Waals surface area contributed by atoms with Crippen molar-refractivity contribution in [2.75, 3.05) is 6.16 Å². The third-order valence-corrected chi connectivity index (χ3v) is 1.47. The first kappa shape index (κ1) is 6.77. The summed E-state index contributed by atoms with van der Waals surface area (Å²) in [6.07, 6.45) is 2.01. The third-order valence-electron chi connectivity index (χ3n) is 1.24. The second kappa shape index (κ2) is 3.63. The van der Waals surface area contributed by atoms with Crippen molar-refractivity contribution in [1.82, 2.24) is 0 Å². The van der Waals surface area contributed by atoms with Gasteiger partial charge in [-0.25, -0.2) is 0 Å². The van der Waals surface area contributed by atoms with Crippen LogP contribution in [0, 0.1) is 0 Å². The molecule has 0 unspecified atom stereocenters. The summed E-state index contributed by atoms with van der Waals surface area (Å²) in [7, 11) is 4.13. The zero-order valence-corrected chi connectivity index (χ0v) is 6.14. The van der Waals surface area contributed by atoms with Gasteiger partial charge in [-0.15, -0.1) is 0 Å². The van der Waals surface area contributed by atoms with E-state index in [9.17, 15) is 0 Å². The van der Waals surface area contributed by atoms with Crippen molar-refractivity contribution >= 4 is 9.24 Å². The Balaban J connectivity index is 2.61. The summed E-state index contributed by atoms with van der Waals surface area (Å²) < 4.78 is 0. The molecule has 1 heteroatoms. The Morgan fingerprint density at radius 1 is 1.11 bits per heavy atom. The summed E-state index contributed by atoms with van der Waals surface area (Å²) in [5, 5.41) is 0. The highest BCUT2D eigenvalue weighted by atomic mass is 31.0. The van der Waals surface area contributed by atoms with Gasteiger partial charge in [0.05, 0.1) is 0 Å². The molecule has 0 bridgehead atoms. The molecule has 46 valence electrons. The first-order valence-electron chi connectivity index (χ1n) is 3.08. The maximum atomic E-state index is 4.13. The molecule has 0 saturated carbocycles. The van der Waals surface area contributed by atoms with E-state index >= 15 is 0 Å². The number of benzene rings is 1. The van der Waals surface area contributed by atoms with E-state index in [2.05, 4.69) is 33.5 Å². The fourth-order valence-electron chi connectivity index (χ4n) is 0.774. The van der Waals surface area contributed by atoms with Gasteiger partial charge in [-0.3, -0.25) is 0 Å². The SMILES string of the molecule is [P]CCc1ccccc1. The molecule has 1 aromatic carbocycles. The van der Waals surface area contributed by atoms with Gasteiger partial charge < -0.3 is 0 Å². The summed E-state index contributed by atoms with van der Waals surface area (Å²) in [5.74, 6) is 0. The van der Waals surface area contributed by atoms with Crippen LogP contribution in [0.1, 0.15) is 5.56 Å². The maximum absolute atomic E-state index is 4.13. The molecule has 1 aromatic rings. The van der Waals surface area contributed by atoms with Gasteiger partial charge in [0, 0.05) is 0 Å². The zero-order chi connectivity index (χ0) is 6.53. The molecule has 0 aromatic heterocycles. The van der Waals surface area contributed by atoms with Crippen LogP contribution in [0.2, 0.25) is 0 Å². The van der Waals surface area contributed by atoms with Crippen molar-refractivity contribution in [2.24, 2.45) is 0 Å². The second-order valence-corrected chi connectivity index (χ2v) is 2.41. The van der Waals surface area contributed by atoms with E-state index in [1.807, 2.05) is 6.07 Å². The largest absolute Gasteiger partial charge is 0.0622 e. The van der Waals surface area contributed by atoms with E-state index in [0.717, 1.165) is 12.6 Å². The molecule has 0 aliphatic rings. The quantitative estimate of drug-likeness (QED) is 0.548. The summed E-state index contributed by atoms with van der Waals surface area (Å²) in [6.45, 7) is 0. The van der Waals surface area contributed by atoms with Gasteiger partial charge in [0.25, 0.3) is 0 Å². The van der Waals surface area contributed by atoms with E-state index < -0.39 is 0 Å². The second-order valence-electron chi connectivity index (χ2n) is 1.96. The highest BCUT2D eigenvalue weighted by Gasteiger charge is 1.85. The van der Waals surface area contributed by atoms with Crippen LogP contribution in [-0.4, -0.2) is 6.16 Å². The number of aryl methyl sites for hydroxylation is 1. The lowest BCUT2D eigenvalue weighted by atomic mass is 10.2. The molecule has 0 heterocycles. The standard InChI is InChI=1S/C8H9P/c9-7-6-8-4-2-1-3-5-8/h1-5H,6-7H2. The Kier molecular flexibility index (Phi) is 2.73. The Labute approximate surface area is 58.5 Å². The van der Waals surface area contributed by atoms with Gasteiger partial charge in [-0.05, 0) is 27.4 Å². The first-order chi connectivity index (χ1) is 4.43. The lowest BCUT2D eigenvalue weighted by Gasteiger charge is -1.93. The Morgan fingerprint density at radius 3 is 2.33 bits per heavy atom. The van der Waals surface area contributed by atoms with Crippen molar-refractivity contribution in [3.8, 4) is 0 Å². The van der Waals surface area contributed by atoms with E-state index in [0.29, 0.717) is 0 Å². The minimum atomic E-state index is 0.935. The van der Waals surface area contributed by atoms with Gasteiger partial charge in [-0.1, -0.05) is 30.3 Å². The third kappa shape index (κ3) is 2.15. The van der Waals surface area contributed by atoms with Crippen LogP contribution in [0.3, 0.4) is 0 Å². The van der Waals surface area contributed by atoms with Crippen molar-refractivity contribution in [2.45, 2.75) is 6.42 Å².